The quantitative estimate of drug-likeness (QED) is 0.893. The summed E-state index contributed by atoms with van der Waals surface area (Å²) in [4.78, 5) is 16.8. The minimum atomic E-state index is -0.876. The highest BCUT2D eigenvalue weighted by Gasteiger charge is 2.12. The Morgan fingerprint density at radius 1 is 1.53 bits per heavy atom. The Bertz CT molecular complexity index is 667. The van der Waals surface area contributed by atoms with Crippen LogP contribution in [0.3, 0.4) is 0 Å². The van der Waals surface area contributed by atoms with E-state index in [-0.39, 0.29) is 6.42 Å². The smallest absolute Gasteiger partial charge is 0.303 e. The zero-order chi connectivity index (χ0) is 14.0. The van der Waals surface area contributed by atoms with E-state index in [1.807, 2.05) is 43.4 Å². The third-order valence-corrected chi connectivity index (χ3v) is 2.88. The summed E-state index contributed by atoms with van der Waals surface area (Å²) in [6.07, 6.45) is 2.16. The number of carbonyl (C=O) groups is 1. The Morgan fingerprint density at radius 3 is 2.84 bits per heavy atom. The molecular formula is C13H14N4O2. The van der Waals surface area contributed by atoms with E-state index in [4.69, 9.17) is 10.4 Å². The molecule has 0 bridgehead atoms. The van der Waals surface area contributed by atoms with Crippen LogP contribution < -0.4 is 4.90 Å². The Morgan fingerprint density at radius 2 is 2.26 bits per heavy atom. The summed E-state index contributed by atoms with van der Waals surface area (Å²) in [6, 6.07) is 5.76. The van der Waals surface area contributed by atoms with Gasteiger partial charge in [0.2, 0.25) is 0 Å². The summed E-state index contributed by atoms with van der Waals surface area (Å²) in [5.41, 5.74) is 1.99. The maximum absolute atomic E-state index is 10.6. The highest BCUT2D eigenvalue weighted by atomic mass is 16.4. The van der Waals surface area contributed by atoms with Crippen LogP contribution in [-0.4, -0.2) is 34.6 Å². The number of carboxylic acids is 1. The molecule has 0 saturated carbocycles. The molecule has 0 atom stereocenters. The molecule has 2 aromatic heterocycles. The second-order valence-electron chi connectivity index (χ2n) is 4.42. The third kappa shape index (κ3) is 2.50. The summed E-state index contributed by atoms with van der Waals surface area (Å²) in [7, 11) is 3.83. The zero-order valence-corrected chi connectivity index (χ0v) is 10.8. The molecular weight excluding hydrogens is 244 g/mol. The lowest BCUT2D eigenvalue weighted by atomic mass is 10.3. The van der Waals surface area contributed by atoms with Crippen LogP contribution >= 0.6 is 0 Å². The van der Waals surface area contributed by atoms with Crippen LogP contribution in [0.25, 0.3) is 5.52 Å². The molecule has 0 spiro atoms. The van der Waals surface area contributed by atoms with Crippen molar-refractivity contribution in [2.75, 3.05) is 19.0 Å². The predicted molar refractivity (Wildman–Crippen MR) is 70.2 cm³/mol. The number of nitrogens with zero attached hydrogens (tertiary/aromatic N) is 4. The fourth-order valence-corrected chi connectivity index (χ4v) is 1.88. The lowest BCUT2D eigenvalue weighted by Crippen LogP contribution is -2.10. The third-order valence-electron chi connectivity index (χ3n) is 2.88. The maximum Gasteiger partial charge on any atom is 0.303 e. The second kappa shape index (κ2) is 4.98. The van der Waals surface area contributed by atoms with E-state index in [0.29, 0.717) is 23.5 Å². The van der Waals surface area contributed by atoms with Crippen LogP contribution in [0.15, 0.2) is 18.3 Å². The molecule has 2 heterocycles. The molecule has 19 heavy (non-hydrogen) atoms. The Labute approximate surface area is 110 Å². The molecule has 0 unspecified atom stereocenters. The van der Waals surface area contributed by atoms with Gasteiger partial charge < -0.3 is 14.4 Å². The van der Waals surface area contributed by atoms with Crippen molar-refractivity contribution in [2.24, 2.45) is 0 Å². The molecule has 0 fully saturated rings. The second-order valence-corrected chi connectivity index (χ2v) is 4.42. The van der Waals surface area contributed by atoms with Crippen molar-refractivity contribution in [2.45, 2.75) is 12.8 Å². The Hall–Kier alpha value is -2.55. The maximum atomic E-state index is 10.6. The van der Waals surface area contributed by atoms with Gasteiger partial charge in [0.25, 0.3) is 0 Å². The van der Waals surface area contributed by atoms with Gasteiger partial charge in [-0.25, -0.2) is 4.98 Å². The average Bonchev–Trinajstić information content (AvgIpc) is 2.73. The predicted octanol–water partition coefficient (Wildman–Crippen LogP) is 1.29. The lowest BCUT2D eigenvalue weighted by Gasteiger charge is -2.13. The number of aromatic nitrogens is 2. The molecule has 0 radical (unpaired) electrons. The number of imidazole rings is 1. The number of carboxylic acid groups (broad SMARTS) is 1. The number of nitriles is 1. The SMILES string of the molecule is CN(C)c1ccc2c(C#N)nc(CCC(=O)O)n2c1. The van der Waals surface area contributed by atoms with Gasteiger partial charge in [0.05, 0.1) is 17.6 Å². The standard InChI is InChI=1S/C13H14N4O2/c1-16(2)9-3-4-11-10(7-14)15-12(17(11)8-9)5-6-13(18)19/h3-4,8H,5-6H2,1-2H3,(H,18,19). The summed E-state index contributed by atoms with van der Waals surface area (Å²) < 4.78 is 1.79. The monoisotopic (exact) mass is 258 g/mol. The summed E-state index contributed by atoms with van der Waals surface area (Å²) in [6.45, 7) is 0. The van der Waals surface area contributed by atoms with Crippen LogP contribution in [-0.2, 0) is 11.2 Å². The van der Waals surface area contributed by atoms with Crippen molar-refractivity contribution in [1.82, 2.24) is 9.38 Å². The zero-order valence-electron chi connectivity index (χ0n) is 10.8. The van der Waals surface area contributed by atoms with Crippen molar-refractivity contribution in [1.29, 1.82) is 5.26 Å². The topological polar surface area (TPSA) is 81.6 Å². The van der Waals surface area contributed by atoms with Gasteiger partial charge >= 0.3 is 5.97 Å². The van der Waals surface area contributed by atoms with Crippen LogP contribution in [0.4, 0.5) is 5.69 Å². The molecule has 1 N–H and O–H groups in total. The normalized spacial score (nSPS) is 10.4. The van der Waals surface area contributed by atoms with Crippen molar-refractivity contribution in [3.63, 3.8) is 0 Å². The molecule has 0 aliphatic carbocycles. The summed E-state index contributed by atoms with van der Waals surface area (Å²) >= 11 is 0. The van der Waals surface area contributed by atoms with Crippen LogP contribution in [0.5, 0.6) is 0 Å². The van der Waals surface area contributed by atoms with E-state index in [9.17, 15) is 4.79 Å². The molecule has 0 aromatic carbocycles. The highest BCUT2D eigenvalue weighted by Crippen LogP contribution is 2.19. The van der Waals surface area contributed by atoms with Crippen molar-refractivity contribution >= 4 is 17.2 Å². The number of pyridine rings is 1. The number of hydrogen-bond acceptors (Lipinski definition) is 4. The highest BCUT2D eigenvalue weighted by molar-refractivity contribution is 5.67. The Kier molecular flexibility index (Phi) is 3.38. The lowest BCUT2D eigenvalue weighted by molar-refractivity contribution is -0.137. The summed E-state index contributed by atoms with van der Waals surface area (Å²) in [5.74, 6) is -0.281. The van der Waals surface area contributed by atoms with E-state index in [2.05, 4.69) is 4.98 Å². The first kappa shape index (κ1) is 12.9. The van der Waals surface area contributed by atoms with E-state index >= 15 is 0 Å². The van der Waals surface area contributed by atoms with Gasteiger partial charge in [0.15, 0.2) is 5.69 Å². The Balaban J connectivity index is 2.52. The first-order valence-electron chi connectivity index (χ1n) is 5.83. The first-order valence-corrected chi connectivity index (χ1v) is 5.83. The minimum Gasteiger partial charge on any atom is -0.481 e. The van der Waals surface area contributed by atoms with E-state index in [0.717, 1.165) is 5.69 Å². The number of hydrogen-bond donors (Lipinski definition) is 1. The molecule has 2 aromatic rings. The van der Waals surface area contributed by atoms with Gasteiger partial charge in [-0.05, 0) is 12.1 Å². The summed E-state index contributed by atoms with van der Waals surface area (Å²) in [5, 5.41) is 17.8. The van der Waals surface area contributed by atoms with Crippen molar-refractivity contribution in [3.05, 3.63) is 29.8 Å². The van der Waals surface area contributed by atoms with Gasteiger partial charge in [-0.1, -0.05) is 0 Å². The fourth-order valence-electron chi connectivity index (χ4n) is 1.88. The first-order chi connectivity index (χ1) is 9.02. The van der Waals surface area contributed by atoms with Gasteiger partial charge in [0.1, 0.15) is 11.9 Å². The average molecular weight is 258 g/mol. The van der Waals surface area contributed by atoms with Gasteiger partial charge in [-0.15, -0.1) is 0 Å². The van der Waals surface area contributed by atoms with E-state index in [1.165, 1.54) is 0 Å². The van der Waals surface area contributed by atoms with Crippen molar-refractivity contribution in [3.8, 4) is 6.07 Å². The number of aliphatic carboxylic acids is 1. The number of aryl methyl sites for hydroxylation is 1. The molecule has 0 saturated heterocycles. The molecule has 0 amide bonds. The van der Waals surface area contributed by atoms with E-state index < -0.39 is 5.97 Å². The number of anilines is 1. The van der Waals surface area contributed by atoms with Crippen LogP contribution in [0.1, 0.15) is 17.9 Å². The van der Waals surface area contributed by atoms with Gasteiger partial charge in [0, 0.05) is 26.7 Å². The van der Waals surface area contributed by atoms with Crippen LogP contribution in [0.2, 0.25) is 0 Å². The molecule has 0 aliphatic heterocycles. The fraction of sp³-hybridized carbons (Fsp3) is 0.308. The largest absolute Gasteiger partial charge is 0.481 e. The number of fused-ring (bicyclic) bond motifs is 1. The van der Waals surface area contributed by atoms with Crippen molar-refractivity contribution < 1.29 is 9.90 Å². The molecule has 6 heteroatoms. The number of rotatable bonds is 4. The van der Waals surface area contributed by atoms with Crippen LogP contribution in [0, 0.1) is 11.3 Å². The van der Waals surface area contributed by atoms with Gasteiger partial charge in [-0.3, -0.25) is 4.79 Å². The molecule has 98 valence electrons. The molecule has 2 rings (SSSR count). The van der Waals surface area contributed by atoms with Gasteiger partial charge in [-0.2, -0.15) is 5.26 Å². The molecule has 6 nitrogen and oxygen atoms in total. The minimum absolute atomic E-state index is 0.00380. The molecule has 0 aliphatic rings. The van der Waals surface area contributed by atoms with E-state index in [1.54, 1.807) is 4.40 Å².